The van der Waals surface area contributed by atoms with Crippen molar-refractivity contribution in [2.45, 2.75) is 61.2 Å². The van der Waals surface area contributed by atoms with Gasteiger partial charge in [0.2, 0.25) is 0 Å². The largest absolute Gasteiger partial charge is 0.372 e. The van der Waals surface area contributed by atoms with E-state index in [2.05, 4.69) is 12.2 Å². The minimum absolute atomic E-state index is 0.143. The highest BCUT2D eigenvalue weighted by atomic mass is 32.2. The van der Waals surface area contributed by atoms with Gasteiger partial charge in [-0.1, -0.05) is 6.92 Å². The second-order valence-electron chi connectivity index (χ2n) is 5.65. The quantitative estimate of drug-likeness (QED) is 0.759. The Morgan fingerprint density at radius 1 is 1.29 bits per heavy atom. The van der Waals surface area contributed by atoms with Crippen molar-refractivity contribution in [1.82, 2.24) is 5.32 Å². The van der Waals surface area contributed by atoms with Gasteiger partial charge in [-0.05, 0) is 32.1 Å². The summed E-state index contributed by atoms with van der Waals surface area (Å²) in [6, 6.07) is 0.329. The Morgan fingerprint density at radius 3 is 2.53 bits per heavy atom. The van der Waals surface area contributed by atoms with E-state index in [4.69, 9.17) is 4.74 Å². The van der Waals surface area contributed by atoms with Crippen molar-refractivity contribution in [1.29, 1.82) is 0 Å². The number of ether oxygens (including phenoxy) is 1. The van der Waals surface area contributed by atoms with Crippen LogP contribution < -0.4 is 5.32 Å². The molecular weight excluding hydrogens is 238 g/mol. The van der Waals surface area contributed by atoms with Crippen molar-refractivity contribution in [3.63, 3.8) is 0 Å². The van der Waals surface area contributed by atoms with Gasteiger partial charge >= 0.3 is 0 Å². The highest BCUT2D eigenvalue weighted by Crippen LogP contribution is 2.47. The Bertz CT molecular complexity index is 386. The molecule has 2 bridgehead atoms. The van der Waals surface area contributed by atoms with E-state index in [0.29, 0.717) is 18.9 Å². The van der Waals surface area contributed by atoms with E-state index in [-0.39, 0.29) is 16.1 Å². The Hall–Kier alpha value is -0.130. The first-order valence-corrected chi connectivity index (χ1v) is 8.29. The van der Waals surface area contributed by atoms with Crippen LogP contribution in [0.25, 0.3) is 0 Å². The van der Waals surface area contributed by atoms with Gasteiger partial charge in [0.15, 0.2) is 9.84 Å². The van der Waals surface area contributed by atoms with Gasteiger partial charge in [-0.3, -0.25) is 0 Å². The summed E-state index contributed by atoms with van der Waals surface area (Å²) in [6.07, 6.45) is 4.11. The molecule has 3 atom stereocenters. The maximum Gasteiger partial charge on any atom is 0.156 e. The van der Waals surface area contributed by atoms with Crippen LogP contribution in [0.3, 0.4) is 0 Å². The van der Waals surface area contributed by atoms with E-state index in [0.717, 1.165) is 32.4 Å². The van der Waals surface area contributed by atoms with Crippen molar-refractivity contribution >= 4 is 9.84 Å². The van der Waals surface area contributed by atoms with Crippen molar-refractivity contribution < 1.29 is 13.2 Å². The third-order valence-electron chi connectivity index (χ3n) is 4.81. The fraction of sp³-hybridized carbons (Fsp3) is 1.00. The van der Waals surface area contributed by atoms with Gasteiger partial charge in [-0.15, -0.1) is 0 Å². The summed E-state index contributed by atoms with van der Waals surface area (Å²) in [5.41, 5.74) is -0.204. The number of sulfone groups is 1. The first-order chi connectivity index (χ1) is 8.08. The maximum absolute atomic E-state index is 12.1. The van der Waals surface area contributed by atoms with Crippen molar-refractivity contribution in [3.05, 3.63) is 0 Å². The minimum atomic E-state index is -2.84. The molecule has 98 valence electrons. The van der Waals surface area contributed by atoms with Gasteiger partial charge in [0.05, 0.1) is 22.7 Å². The van der Waals surface area contributed by atoms with Gasteiger partial charge in [0, 0.05) is 12.6 Å². The molecular formula is C12H21NO3S. The topological polar surface area (TPSA) is 55.4 Å². The molecule has 4 nitrogen and oxygen atoms in total. The smallest absolute Gasteiger partial charge is 0.156 e. The SMILES string of the molecule is CCC1NCCOC12CC1CCC(C2)S1(=O)=O. The van der Waals surface area contributed by atoms with E-state index < -0.39 is 9.84 Å². The van der Waals surface area contributed by atoms with Crippen LogP contribution in [0.2, 0.25) is 0 Å². The third-order valence-corrected chi connectivity index (χ3v) is 7.48. The molecule has 0 radical (unpaired) electrons. The maximum atomic E-state index is 12.1. The summed E-state index contributed by atoms with van der Waals surface area (Å²) < 4.78 is 30.3. The standard InChI is InChI=1S/C12H21NO3S/c1-2-11-12(16-6-5-13-11)7-9-3-4-10(8-12)17(9,14)15/h9-11,13H,2-8H2,1H3. The normalized spacial score (nSPS) is 48.4. The van der Waals surface area contributed by atoms with E-state index in [9.17, 15) is 8.42 Å². The molecule has 3 saturated heterocycles. The number of nitrogens with one attached hydrogen (secondary N) is 1. The van der Waals surface area contributed by atoms with Gasteiger partial charge < -0.3 is 10.1 Å². The lowest BCUT2D eigenvalue weighted by molar-refractivity contribution is -0.108. The first kappa shape index (κ1) is 11.9. The Morgan fingerprint density at radius 2 is 1.94 bits per heavy atom. The summed E-state index contributed by atoms with van der Waals surface area (Å²) in [6.45, 7) is 3.76. The molecule has 0 aromatic heterocycles. The zero-order valence-corrected chi connectivity index (χ0v) is 11.1. The summed E-state index contributed by atoms with van der Waals surface area (Å²) in [7, 11) is -2.84. The van der Waals surface area contributed by atoms with Gasteiger partial charge in [-0.2, -0.15) is 0 Å². The van der Waals surface area contributed by atoms with Crippen molar-refractivity contribution in [2.24, 2.45) is 0 Å². The number of rotatable bonds is 1. The number of fused-ring (bicyclic) bond motifs is 2. The fourth-order valence-corrected chi connectivity index (χ4v) is 6.46. The molecule has 3 rings (SSSR count). The Kier molecular flexibility index (Phi) is 2.76. The molecule has 0 amide bonds. The van der Waals surface area contributed by atoms with Crippen LogP contribution >= 0.6 is 0 Å². The molecule has 3 fully saturated rings. The molecule has 3 aliphatic heterocycles. The molecule has 3 heterocycles. The predicted octanol–water partition coefficient (Wildman–Crippen LogP) is 0.863. The van der Waals surface area contributed by atoms with E-state index >= 15 is 0 Å². The van der Waals surface area contributed by atoms with Crippen LogP contribution in [0.5, 0.6) is 0 Å². The molecule has 0 aromatic carbocycles. The fourth-order valence-electron chi connectivity index (χ4n) is 3.96. The summed E-state index contributed by atoms with van der Waals surface area (Å²) >= 11 is 0. The van der Waals surface area contributed by atoms with Crippen LogP contribution in [0, 0.1) is 0 Å². The lowest BCUT2D eigenvalue weighted by Crippen LogP contribution is -2.62. The third kappa shape index (κ3) is 1.66. The molecule has 0 saturated carbocycles. The van der Waals surface area contributed by atoms with E-state index in [1.54, 1.807) is 0 Å². The predicted molar refractivity (Wildman–Crippen MR) is 65.7 cm³/mol. The number of hydrogen-bond donors (Lipinski definition) is 1. The summed E-state index contributed by atoms with van der Waals surface area (Å²) in [5.74, 6) is 0. The number of morpholine rings is 1. The molecule has 5 heteroatoms. The zero-order valence-electron chi connectivity index (χ0n) is 10.3. The highest BCUT2D eigenvalue weighted by molar-refractivity contribution is 7.93. The van der Waals surface area contributed by atoms with Gasteiger partial charge in [0.25, 0.3) is 0 Å². The minimum Gasteiger partial charge on any atom is -0.372 e. The lowest BCUT2D eigenvalue weighted by Gasteiger charge is -2.48. The molecule has 0 aromatic rings. The molecule has 1 N–H and O–H groups in total. The summed E-state index contributed by atoms with van der Waals surface area (Å²) in [5, 5.41) is 3.22. The average Bonchev–Trinajstić information content (AvgIpc) is 2.52. The molecule has 3 unspecified atom stereocenters. The van der Waals surface area contributed by atoms with Crippen LogP contribution in [-0.2, 0) is 14.6 Å². The number of hydrogen-bond acceptors (Lipinski definition) is 4. The van der Waals surface area contributed by atoms with Crippen molar-refractivity contribution in [3.8, 4) is 0 Å². The summed E-state index contributed by atoms with van der Waals surface area (Å²) in [4.78, 5) is 0. The Labute approximate surface area is 103 Å². The highest BCUT2D eigenvalue weighted by Gasteiger charge is 2.56. The average molecular weight is 259 g/mol. The molecule has 0 aliphatic carbocycles. The van der Waals surface area contributed by atoms with Crippen LogP contribution in [0.4, 0.5) is 0 Å². The van der Waals surface area contributed by atoms with Gasteiger partial charge in [0.1, 0.15) is 0 Å². The van der Waals surface area contributed by atoms with Gasteiger partial charge in [-0.25, -0.2) is 8.42 Å². The van der Waals surface area contributed by atoms with E-state index in [1.165, 1.54) is 0 Å². The van der Waals surface area contributed by atoms with E-state index in [1.807, 2.05) is 0 Å². The second kappa shape index (κ2) is 3.93. The Balaban J connectivity index is 1.91. The van der Waals surface area contributed by atoms with Crippen molar-refractivity contribution in [2.75, 3.05) is 13.2 Å². The first-order valence-electron chi connectivity index (χ1n) is 6.68. The second-order valence-corrected chi connectivity index (χ2v) is 8.16. The molecule has 1 spiro atoms. The lowest BCUT2D eigenvalue weighted by atomic mass is 9.83. The zero-order chi connectivity index (χ0) is 12.1. The molecule has 17 heavy (non-hydrogen) atoms. The van der Waals surface area contributed by atoms with Crippen LogP contribution in [0.1, 0.15) is 39.0 Å². The monoisotopic (exact) mass is 259 g/mol. The van der Waals surface area contributed by atoms with Crippen LogP contribution in [0.15, 0.2) is 0 Å². The molecule has 3 aliphatic rings. The van der Waals surface area contributed by atoms with Crippen LogP contribution in [-0.4, -0.2) is 43.7 Å².